The van der Waals surface area contributed by atoms with Crippen LogP contribution in [-0.2, 0) is 16.1 Å². The molecule has 1 heterocycles. The lowest BCUT2D eigenvalue weighted by molar-refractivity contribution is -0.156. The molecular weight excluding hydrogens is 408 g/mol. The lowest BCUT2D eigenvalue weighted by Crippen LogP contribution is -2.42. The van der Waals surface area contributed by atoms with Gasteiger partial charge in [0, 0.05) is 18.6 Å². The normalized spacial score (nSPS) is 17.0. The number of benzene rings is 2. The van der Waals surface area contributed by atoms with Gasteiger partial charge < -0.3 is 9.64 Å². The highest BCUT2D eigenvalue weighted by Crippen LogP contribution is 2.28. The van der Waals surface area contributed by atoms with Gasteiger partial charge in [0.05, 0.1) is 6.42 Å². The predicted octanol–water partition coefficient (Wildman–Crippen LogP) is 6.23. The van der Waals surface area contributed by atoms with Crippen molar-refractivity contribution in [1.29, 1.82) is 0 Å². The maximum absolute atomic E-state index is 13.0. The minimum absolute atomic E-state index is 0.107. The van der Waals surface area contributed by atoms with Gasteiger partial charge in [0.25, 0.3) is 0 Å². The Morgan fingerprint density at radius 2 is 1.58 bits per heavy atom. The largest absolute Gasteiger partial charge is 0.460 e. The van der Waals surface area contributed by atoms with Crippen LogP contribution in [0, 0.1) is 0 Å². The highest BCUT2D eigenvalue weighted by atomic mass is 16.6. The lowest BCUT2D eigenvalue weighted by atomic mass is 9.99. The van der Waals surface area contributed by atoms with Crippen molar-refractivity contribution in [3.05, 3.63) is 71.8 Å². The third-order valence-electron chi connectivity index (χ3n) is 6.51. The van der Waals surface area contributed by atoms with Gasteiger partial charge in [0.2, 0.25) is 0 Å². The molecular formula is C29H42N2O2. The van der Waals surface area contributed by atoms with Crippen molar-refractivity contribution in [3.63, 3.8) is 0 Å². The Kier molecular flexibility index (Phi) is 9.52. The molecule has 0 aliphatic carbocycles. The number of ether oxygens (including phenoxy) is 1. The first kappa shape index (κ1) is 25.5. The first-order valence-electron chi connectivity index (χ1n) is 12.6. The number of likely N-dealkylation sites (tertiary alicyclic amines) is 1. The molecule has 0 unspecified atom stereocenters. The third kappa shape index (κ3) is 8.60. The molecule has 0 spiro atoms. The molecule has 0 radical (unpaired) electrons. The second kappa shape index (κ2) is 12.3. The van der Waals surface area contributed by atoms with E-state index in [1.807, 2.05) is 20.8 Å². The monoisotopic (exact) mass is 450 g/mol. The SMILES string of the molecule is C[C@@H](c1ccccc1)N(Cc1ccccc1)[C@@H](CCN1CCCCC1)CC(=O)OC(C)(C)C. The van der Waals surface area contributed by atoms with Crippen LogP contribution in [-0.4, -0.2) is 47.0 Å². The highest BCUT2D eigenvalue weighted by molar-refractivity contribution is 5.70. The van der Waals surface area contributed by atoms with Gasteiger partial charge in [-0.1, -0.05) is 67.1 Å². The van der Waals surface area contributed by atoms with Crippen LogP contribution in [0.25, 0.3) is 0 Å². The molecule has 2 atom stereocenters. The molecule has 1 saturated heterocycles. The Morgan fingerprint density at radius 1 is 0.970 bits per heavy atom. The average Bonchev–Trinajstić information content (AvgIpc) is 2.80. The number of nitrogens with zero attached hydrogens (tertiary/aromatic N) is 2. The summed E-state index contributed by atoms with van der Waals surface area (Å²) in [4.78, 5) is 18.1. The highest BCUT2D eigenvalue weighted by Gasteiger charge is 2.29. The lowest BCUT2D eigenvalue weighted by Gasteiger charge is -2.38. The summed E-state index contributed by atoms with van der Waals surface area (Å²) < 4.78 is 5.77. The maximum atomic E-state index is 13.0. The molecule has 0 amide bonds. The molecule has 0 N–H and O–H groups in total. The van der Waals surface area contributed by atoms with Gasteiger partial charge in [0.1, 0.15) is 5.60 Å². The van der Waals surface area contributed by atoms with Crippen LogP contribution < -0.4 is 0 Å². The Morgan fingerprint density at radius 3 is 2.18 bits per heavy atom. The van der Waals surface area contributed by atoms with E-state index in [0.29, 0.717) is 6.42 Å². The summed E-state index contributed by atoms with van der Waals surface area (Å²) in [5.41, 5.74) is 2.08. The molecule has 2 aromatic carbocycles. The van der Waals surface area contributed by atoms with E-state index >= 15 is 0 Å². The minimum Gasteiger partial charge on any atom is -0.460 e. The Labute approximate surface area is 200 Å². The van der Waals surface area contributed by atoms with Crippen LogP contribution in [0.5, 0.6) is 0 Å². The number of carbonyl (C=O) groups is 1. The van der Waals surface area contributed by atoms with Gasteiger partial charge in [-0.25, -0.2) is 0 Å². The van der Waals surface area contributed by atoms with E-state index in [1.165, 1.54) is 43.5 Å². The van der Waals surface area contributed by atoms with E-state index < -0.39 is 5.60 Å². The van der Waals surface area contributed by atoms with Crippen LogP contribution in [0.3, 0.4) is 0 Å². The molecule has 4 nitrogen and oxygen atoms in total. The molecule has 2 aromatic rings. The van der Waals surface area contributed by atoms with Gasteiger partial charge in [-0.15, -0.1) is 0 Å². The van der Waals surface area contributed by atoms with Gasteiger partial charge >= 0.3 is 5.97 Å². The molecule has 1 aliphatic rings. The quantitative estimate of drug-likeness (QED) is 0.402. The molecule has 0 aromatic heterocycles. The van der Waals surface area contributed by atoms with Gasteiger partial charge in [-0.05, 0) is 77.7 Å². The van der Waals surface area contributed by atoms with Crippen LogP contribution in [0.2, 0.25) is 0 Å². The minimum atomic E-state index is -0.468. The number of hydrogen-bond donors (Lipinski definition) is 0. The first-order valence-corrected chi connectivity index (χ1v) is 12.6. The zero-order chi connectivity index (χ0) is 23.7. The fraction of sp³-hybridized carbons (Fsp3) is 0.552. The predicted molar refractivity (Wildman–Crippen MR) is 136 cm³/mol. The van der Waals surface area contributed by atoms with Crippen LogP contribution in [0.15, 0.2) is 60.7 Å². The number of esters is 1. The zero-order valence-corrected chi connectivity index (χ0v) is 21.0. The molecule has 1 aliphatic heterocycles. The van der Waals surface area contributed by atoms with Crippen molar-refractivity contribution in [1.82, 2.24) is 9.80 Å². The molecule has 180 valence electrons. The second-order valence-electron chi connectivity index (χ2n) is 10.4. The van der Waals surface area contributed by atoms with Crippen molar-refractivity contribution in [2.75, 3.05) is 19.6 Å². The molecule has 1 fully saturated rings. The second-order valence-corrected chi connectivity index (χ2v) is 10.4. The summed E-state index contributed by atoms with van der Waals surface area (Å²) in [6.45, 7) is 12.3. The maximum Gasteiger partial charge on any atom is 0.307 e. The zero-order valence-electron chi connectivity index (χ0n) is 21.0. The van der Waals surface area contributed by atoms with E-state index in [0.717, 1.165) is 19.5 Å². The summed E-state index contributed by atoms with van der Waals surface area (Å²) >= 11 is 0. The fourth-order valence-electron chi connectivity index (χ4n) is 4.77. The van der Waals surface area contributed by atoms with Crippen LogP contribution in [0.4, 0.5) is 0 Å². The summed E-state index contributed by atoms with van der Waals surface area (Å²) in [6.07, 6.45) is 5.27. The standard InChI is InChI=1S/C29H42N2O2/c1-24(26-16-10-6-11-17-26)31(23-25-14-8-5-9-15-25)27(22-28(32)33-29(2,3)4)18-21-30-19-12-7-13-20-30/h5-6,8-11,14-17,24,27H,7,12-13,18-23H2,1-4H3/t24-,27-/m0/s1. The van der Waals surface area contributed by atoms with Crippen molar-refractivity contribution >= 4 is 5.97 Å². The van der Waals surface area contributed by atoms with Crippen LogP contribution >= 0.6 is 0 Å². The van der Waals surface area contributed by atoms with E-state index in [1.54, 1.807) is 0 Å². The smallest absolute Gasteiger partial charge is 0.307 e. The Bertz CT molecular complexity index is 826. The Balaban J connectivity index is 1.84. The van der Waals surface area contributed by atoms with E-state index in [9.17, 15) is 4.79 Å². The average molecular weight is 451 g/mol. The topological polar surface area (TPSA) is 32.8 Å². The molecule has 3 rings (SSSR count). The van der Waals surface area contributed by atoms with Gasteiger partial charge in [-0.3, -0.25) is 9.69 Å². The van der Waals surface area contributed by atoms with Crippen LogP contribution in [0.1, 0.15) is 77.0 Å². The number of hydrogen-bond acceptors (Lipinski definition) is 4. The van der Waals surface area contributed by atoms with E-state index in [4.69, 9.17) is 4.74 Å². The first-order chi connectivity index (χ1) is 15.8. The Hall–Kier alpha value is -2.17. The number of carbonyl (C=O) groups excluding carboxylic acids is 1. The third-order valence-corrected chi connectivity index (χ3v) is 6.51. The van der Waals surface area contributed by atoms with E-state index in [2.05, 4.69) is 77.4 Å². The molecule has 0 bridgehead atoms. The molecule has 4 heteroatoms. The number of piperidine rings is 1. The summed E-state index contributed by atoms with van der Waals surface area (Å²) in [7, 11) is 0. The summed E-state index contributed by atoms with van der Waals surface area (Å²) in [5, 5.41) is 0. The summed E-state index contributed by atoms with van der Waals surface area (Å²) in [6, 6.07) is 21.6. The van der Waals surface area contributed by atoms with Crippen molar-refractivity contribution < 1.29 is 9.53 Å². The molecule has 0 saturated carbocycles. The summed E-state index contributed by atoms with van der Waals surface area (Å²) in [5.74, 6) is -0.107. The fourth-order valence-corrected chi connectivity index (χ4v) is 4.77. The van der Waals surface area contributed by atoms with Crippen molar-refractivity contribution in [2.45, 2.75) is 84.0 Å². The van der Waals surface area contributed by atoms with Gasteiger partial charge in [0.15, 0.2) is 0 Å². The van der Waals surface area contributed by atoms with Crippen molar-refractivity contribution in [3.8, 4) is 0 Å². The van der Waals surface area contributed by atoms with Gasteiger partial charge in [-0.2, -0.15) is 0 Å². The van der Waals surface area contributed by atoms with E-state index in [-0.39, 0.29) is 18.1 Å². The van der Waals surface area contributed by atoms with Crippen molar-refractivity contribution in [2.24, 2.45) is 0 Å². The molecule has 33 heavy (non-hydrogen) atoms. The number of rotatable bonds is 10.